The fraction of sp³-hybridized carbons (Fsp3) is 0.306. The number of ether oxygens (including phenoxy) is 1. The summed E-state index contributed by atoms with van der Waals surface area (Å²) in [4.78, 5) is 30.2. The van der Waals surface area contributed by atoms with Crippen molar-refractivity contribution in [3.05, 3.63) is 106 Å². The summed E-state index contributed by atoms with van der Waals surface area (Å²) in [5.41, 5.74) is -1.76. The summed E-state index contributed by atoms with van der Waals surface area (Å²) in [7, 11) is 1.36. The predicted octanol–water partition coefficient (Wildman–Crippen LogP) is 9.96. The number of aryl methyl sites for hydroxylation is 1. The van der Waals surface area contributed by atoms with Gasteiger partial charge in [0.25, 0.3) is 0 Å². The van der Waals surface area contributed by atoms with Gasteiger partial charge in [-0.25, -0.2) is 4.79 Å². The van der Waals surface area contributed by atoms with Gasteiger partial charge >= 0.3 is 24.6 Å². The largest absolute Gasteiger partial charge is 0.496 e. The second kappa shape index (κ2) is 12.6. The molecule has 2 amide bonds. The van der Waals surface area contributed by atoms with Gasteiger partial charge in [-0.05, 0) is 97.0 Å². The van der Waals surface area contributed by atoms with Crippen molar-refractivity contribution in [1.82, 2.24) is 15.2 Å². The second-order valence-electron chi connectivity index (χ2n) is 12.5. The summed E-state index contributed by atoms with van der Waals surface area (Å²) in [6.45, 7) is 3.22. The molecule has 268 valence electrons. The number of benzene rings is 3. The van der Waals surface area contributed by atoms with Crippen LogP contribution in [0.15, 0.2) is 66.9 Å². The lowest BCUT2D eigenvalue weighted by molar-refractivity contribution is -0.143. The molecule has 2 saturated heterocycles. The lowest BCUT2D eigenvalue weighted by Gasteiger charge is -2.27. The van der Waals surface area contributed by atoms with Gasteiger partial charge in [0, 0.05) is 22.9 Å². The minimum Gasteiger partial charge on any atom is -0.496 e. The molecule has 4 aromatic rings. The second-order valence-corrected chi connectivity index (χ2v) is 12.5. The van der Waals surface area contributed by atoms with Crippen molar-refractivity contribution >= 4 is 11.8 Å². The first-order valence-electron chi connectivity index (χ1n) is 15.5. The highest BCUT2D eigenvalue weighted by Gasteiger charge is 2.50. The molecule has 0 aliphatic carbocycles. The van der Waals surface area contributed by atoms with Crippen molar-refractivity contribution in [2.45, 2.75) is 63.3 Å². The molecule has 2 aliphatic heterocycles. The third kappa shape index (κ3) is 6.73. The van der Waals surface area contributed by atoms with Crippen LogP contribution in [-0.4, -0.2) is 34.8 Å². The minimum absolute atomic E-state index is 0.00903. The van der Waals surface area contributed by atoms with Crippen LogP contribution < -0.4 is 10.1 Å². The maximum Gasteiger partial charge on any atom is 0.433 e. The number of alkyl halides is 9. The van der Waals surface area contributed by atoms with Crippen molar-refractivity contribution in [3.63, 3.8) is 0 Å². The van der Waals surface area contributed by atoms with Crippen molar-refractivity contribution in [1.29, 1.82) is 0 Å². The number of urea groups is 1. The smallest absolute Gasteiger partial charge is 0.433 e. The number of nitrogens with zero attached hydrogens (tertiary/aromatic N) is 2. The molecular weight excluding hydrogens is 693 g/mol. The molecule has 0 saturated carbocycles. The third-order valence-electron chi connectivity index (χ3n) is 9.32. The number of hydrogen-bond donors (Lipinski definition) is 1. The number of nitrogens with one attached hydrogen (secondary N) is 1. The van der Waals surface area contributed by atoms with E-state index in [0.717, 1.165) is 17.8 Å². The van der Waals surface area contributed by atoms with Crippen molar-refractivity contribution in [3.8, 4) is 28.0 Å². The van der Waals surface area contributed by atoms with Gasteiger partial charge in [0.05, 0.1) is 36.4 Å². The van der Waals surface area contributed by atoms with Crippen LogP contribution in [0.2, 0.25) is 0 Å². The maximum absolute atomic E-state index is 14.1. The first kappa shape index (κ1) is 35.7. The van der Waals surface area contributed by atoms with Crippen molar-refractivity contribution in [2.24, 2.45) is 0 Å². The number of halogens is 9. The molecule has 15 heteroatoms. The van der Waals surface area contributed by atoms with E-state index in [-0.39, 0.29) is 41.6 Å². The zero-order valence-corrected chi connectivity index (χ0v) is 27.0. The summed E-state index contributed by atoms with van der Waals surface area (Å²) in [6.07, 6.45) is -14.0. The van der Waals surface area contributed by atoms with Crippen LogP contribution in [0.4, 0.5) is 44.3 Å². The van der Waals surface area contributed by atoms with Gasteiger partial charge in [-0.1, -0.05) is 18.2 Å². The Morgan fingerprint density at radius 1 is 0.824 bits per heavy atom. The average Bonchev–Trinajstić information content (AvgIpc) is 3.63. The molecule has 3 heterocycles. The van der Waals surface area contributed by atoms with E-state index in [9.17, 15) is 49.1 Å². The standard InChI is InChI=1S/C36H28F9N3O3/c1-17-10-19(18(2)49)4-6-24(17)20-5-9-30(51-3)26(13-20)27-16-46-31(36(43,44)45)15-25(27)28-7-8-29-32(47-33(50)48(28)29)21-11-22(34(37,38)39)14-23(12-21)35(40,41)42/h4-6,9-16,28-29,32H,7-8H2,1-3H3,(H,47,50)/t28-,29-,32+/m0/s1. The Morgan fingerprint density at radius 3 is 2.06 bits per heavy atom. The van der Waals surface area contributed by atoms with E-state index in [1.54, 1.807) is 43.3 Å². The number of amides is 2. The van der Waals surface area contributed by atoms with E-state index >= 15 is 0 Å². The van der Waals surface area contributed by atoms with Gasteiger partial charge < -0.3 is 15.0 Å². The van der Waals surface area contributed by atoms with Crippen LogP contribution in [0.1, 0.15) is 75.7 Å². The highest BCUT2D eigenvalue weighted by Crippen LogP contribution is 2.50. The number of aromatic nitrogens is 1. The number of rotatable bonds is 6. The fourth-order valence-corrected chi connectivity index (χ4v) is 6.95. The molecule has 0 unspecified atom stereocenters. The summed E-state index contributed by atoms with van der Waals surface area (Å²) < 4.78 is 130. The lowest BCUT2D eigenvalue weighted by Crippen LogP contribution is -2.32. The highest BCUT2D eigenvalue weighted by molar-refractivity contribution is 5.95. The zero-order valence-electron chi connectivity index (χ0n) is 27.0. The van der Waals surface area contributed by atoms with Crippen LogP contribution in [-0.2, 0) is 18.5 Å². The molecule has 0 spiro atoms. The average molecular weight is 722 g/mol. The molecular formula is C36H28F9N3O3. The van der Waals surface area contributed by atoms with E-state index in [0.29, 0.717) is 34.4 Å². The van der Waals surface area contributed by atoms with Gasteiger partial charge in [-0.2, -0.15) is 39.5 Å². The molecule has 2 aliphatic rings. The Hall–Kier alpha value is -5.08. The van der Waals surface area contributed by atoms with Gasteiger partial charge in [-0.3, -0.25) is 9.78 Å². The number of hydrogen-bond acceptors (Lipinski definition) is 4. The summed E-state index contributed by atoms with van der Waals surface area (Å²) >= 11 is 0. The monoisotopic (exact) mass is 721 g/mol. The zero-order chi connectivity index (χ0) is 37.2. The number of carbonyl (C=O) groups excluding carboxylic acids is 2. The van der Waals surface area contributed by atoms with Crippen LogP contribution in [0.25, 0.3) is 22.3 Å². The Kier molecular flexibility index (Phi) is 8.83. The SMILES string of the molecule is COc1ccc(-c2ccc(C(C)=O)cc2C)cc1-c1cnc(C(F)(F)F)cc1[C@@H]1CC[C@H]2[C@@H](c3cc(C(F)(F)F)cc(C(F)(F)F)c3)NC(=O)N12. The van der Waals surface area contributed by atoms with E-state index in [1.165, 1.54) is 18.9 Å². The van der Waals surface area contributed by atoms with Gasteiger partial charge in [0.15, 0.2) is 5.78 Å². The van der Waals surface area contributed by atoms with Crippen LogP contribution in [0, 0.1) is 6.92 Å². The van der Waals surface area contributed by atoms with Crippen molar-refractivity contribution in [2.75, 3.05) is 7.11 Å². The summed E-state index contributed by atoms with van der Waals surface area (Å²) in [5, 5.41) is 2.47. The first-order valence-corrected chi connectivity index (χ1v) is 15.5. The molecule has 51 heavy (non-hydrogen) atoms. The van der Waals surface area contributed by atoms with E-state index < -0.39 is 65.1 Å². The molecule has 0 bridgehead atoms. The molecule has 1 aromatic heterocycles. The highest BCUT2D eigenvalue weighted by atomic mass is 19.4. The van der Waals surface area contributed by atoms with Crippen molar-refractivity contribution < 1.29 is 53.8 Å². The van der Waals surface area contributed by atoms with Crippen LogP contribution in [0.5, 0.6) is 5.75 Å². The molecule has 1 N–H and O–H groups in total. The number of ketones is 1. The number of carbonyl (C=O) groups is 2. The number of methoxy groups -OCH3 is 1. The van der Waals surface area contributed by atoms with Gasteiger partial charge in [-0.15, -0.1) is 0 Å². The fourth-order valence-electron chi connectivity index (χ4n) is 6.95. The Morgan fingerprint density at radius 2 is 1.49 bits per heavy atom. The molecule has 6 rings (SSSR count). The third-order valence-corrected chi connectivity index (χ3v) is 9.32. The molecule has 3 aromatic carbocycles. The number of pyridine rings is 1. The molecule has 0 radical (unpaired) electrons. The Bertz CT molecular complexity index is 2010. The normalized spacial score (nSPS) is 19.3. The van der Waals surface area contributed by atoms with E-state index in [1.807, 2.05) is 0 Å². The first-order chi connectivity index (χ1) is 23.8. The quantitative estimate of drug-likeness (QED) is 0.159. The Balaban J connectivity index is 1.46. The number of Topliss-reactive ketones (excluding diaryl/α,β-unsaturated/α-hetero) is 1. The van der Waals surface area contributed by atoms with E-state index in [4.69, 9.17) is 4.74 Å². The van der Waals surface area contributed by atoms with Crippen LogP contribution in [0.3, 0.4) is 0 Å². The van der Waals surface area contributed by atoms with Crippen LogP contribution >= 0.6 is 0 Å². The number of fused-ring (bicyclic) bond motifs is 1. The molecule has 6 nitrogen and oxygen atoms in total. The molecule has 2 fully saturated rings. The van der Waals surface area contributed by atoms with Gasteiger partial charge in [0.2, 0.25) is 0 Å². The molecule has 3 atom stereocenters. The topological polar surface area (TPSA) is 71.5 Å². The summed E-state index contributed by atoms with van der Waals surface area (Å²) in [6, 6.07) is 7.70. The lowest BCUT2D eigenvalue weighted by atomic mass is 9.90. The van der Waals surface area contributed by atoms with Gasteiger partial charge in [0.1, 0.15) is 11.4 Å². The Labute approximate surface area is 285 Å². The van der Waals surface area contributed by atoms with E-state index in [2.05, 4.69) is 10.3 Å². The minimum atomic E-state index is -5.13. The summed E-state index contributed by atoms with van der Waals surface area (Å²) in [5.74, 6) is 0.110. The maximum atomic E-state index is 14.1. The predicted molar refractivity (Wildman–Crippen MR) is 167 cm³/mol.